The van der Waals surface area contributed by atoms with E-state index in [1.54, 1.807) is 18.6 Å². The Morgan fingerprint density at radius 1 is 1.14 bits per heavy atom. The highest BCUT2D eigenvalue weighted by molar-refractivity contribution is 5.71. The van der Waals surface area contributed by atoms with Gasteiger partial charge in [0, 0.05) is 20.2 Å². The standard InChI is InChI=1S/C13H21N5O3/c1-4-16-9(8-14)15-11-10(16)12(19)17(5-2)13(20)18(11)6-7-21-3/h4-8,14H2,1-3H3. The fraction of sp³-hybridized carbons (Fsp3) is 0.615. The molecular weight excluding hydrogens is 274 g/mol. The fourth-order valence-corrected chi connectivity index (χ4v) is 2.50. The Bertz CT molecular complexity index is 756. The highest BCUT2D eigenvalue weighted by Gasteiger charge is 2.19. The van der Waals surface area contributed by atoms with Crippen molar-refractivity contribution in [2.75, 3.05) is 13.7 Å². The lowest BCUT2D eigenvalue weighted by atomic mass is 10.4. The van der Waals surface area contributed by atoms with Gasteiger partial charge in [-0.15, -0.1) is 0 Å². The molecule has 0 aromatic carbocycles. The van der Waals surface area contributed by atoms with E-state index in [2.05, 4.69) is 4.98 Å². The molecule has 0 aliphatic rings. The van der Waals surface area contributed by atoms with E-state index >= 15 is 0 Å². The van der Waals surface area contributed by atoms with Gasteiger partial charge in [-0.3, -0.25) is 13.9 Å². The Morgan fingerprint density at radius 3 is 2.33 bits per heavy atom. The number of fused-ring (bicyclic) bond motifs is 1. The van der Waals surface area contributed by atoms with Crippen molar-refractivity contribution >= 4 is 11.2 Å². The number of methoxy groups -OCH3 is 1. The van der Waals surface area contributed by atoms with Crippen LogP contribution in [0.2, 0.25) is 0 Å². The molecule has 0 aliphatic heterocycles. The second kappa shape index (κ2) is 6.23. The topological polar surface area (TPSA) is 97.1 Å². The van der Waals surface area contributed by atoms with Gasteiger partial charge in [-0.1, -0.05) is 0 Å². The minimum absolute atomic E-state index is 0.215. The number of hydrogen-bond acceptors (Lipinski definition) is 5. The third-order valence-corrected chi connectivity index (χ3v) is 3.53. The molecule has 0 atom stereocenters. The first-order valence-corrected chi connectivity index (χ1v) is 7.02. The van der Waals surface area contributed by atoms with Crippen LogP contribution < -0.4 is 17.0 Å². The third-order valence-electron chi connectivity index (χ3n) is 3.53. The Kier molecular flexibility index (Phi) is 4.59. The first-order chi connectivity index (χ1) is 10.1. The van der Waals surface area contributed by atoms with Crippen LogP contribution in [0.1, 0.15) is 19.7 Å². The maximum Gasteiger partial charge on any atom is 0.332 e. The van der Waals surface area contributed by atoms with Crippen LogP contribution in [0.25, 0.3) is 11.2 Å². The van der Waals surface area contributed by atoms with E-state index < -0.39 is 0 Å². The van der Waals surface area contributed by atoms with Crippen molar-refractivity contribution in [3.63, 3.8) is 0 Å². The summed E-state index contributed by atoms with van der Waals surface area (Å²) >= 11 is 0. The first-order valence-electron chi connectivity index (χ1n) is 7.02. The Morgan fingerprint density at radius 2 is 1.81 bits per heavy atom. The summed E-state index contributed by atoms with van der Waals surface area (Å²) in [5, 5.41) is 0. The predicted molar refractivity (Wildman–Crippen MR) is 79.4 cm³/mol. The zero-order valence-corrected chi connectivity index (χ0v) is 12.6. The summed E-state index contributed by atoms with van der Waals surface area (Å²) in [6, 6.07) is 0. The molecule has 8 heteroatoms. The van der Waals surface area contributed by atoms with Crippen molar-refractivity contribution in [2.24, 2.45) is 5.73 Å². The maximum atomic E-state index is 12.5. The lowest BCUT2D eigenvalue weighted by Crippen LogP contribution is -2.40. The molecule has 2 heterocycles. The van der Waals surface area contributed by atoms with E-state index in [9.17, 15) is 9.59 Å². The fourth-order valence-electron chi connectivity index (χ4n) is 2.50. The smallest absolute Gasteiger partial charge is 0.332 e. The first kappa shape index (κ1) is 15.5. The molecule has 2 rings (SSSR count). The average molecular weight is 295 g/mol. The number of nitrogens with two attached hydrogens (primary N) is 1. The summed E-state index contributed by atoms with van der Waals surface area (Å²) in [5.74, 6) is 0.601. The molecule has 0 aliphatic carbocycles. The summed E-state index contributed by atoms with van der Waals surface area (Å²) in [6.07, 6.45) is 0. The number of hydrogen-bond donors (Lipinski definition) is 1. The SMILES string of the molecule is CCn1c(=O)c2c(nc(CN)n2CC)n(CCOC)c1=O. The zero-order valence-electron chi connectivity index (χ0n) is 12.6. The van der Waals surface area contributed by atoms with Crippen LogP contribution in [0.3, 0.4) is 0 Å². The van der Waals surface area contributed by atoms with Crippen molar-refractivity contribution in [1.29, 1.82) is 0 Å². The highest BCUT2D eigenvalue weighted by atomic mass is 16.5. The summed E-state index contributed by atoms with van der Waals surface area (Å²) in [6.45, 7) is 5.50. The van der Waals surface area contributed by atoms with Crippen molar-refractivity contribution in [2.45, 2.75) is 40.0 Å². The molecule has 0 radical (unpaired) electrons. The molecule has 0 saturated carbocycles. The lowest BCUT2D eigenvalue weighted by molar-refractivity contribution is 0.186. The number of rotatable bonds is 6. The van der Waals surface area contributed by atoms with Crippen LogP contribution in [0, 0.1) is 0 Å². The molecule has 2 N–H and O–H groups in total. The molecule has 0 amide bonds. The van der Waals surface area contributed by atoms with Gasteiger partial charge < -0.3 is 15.0 Å². The molecule has 0 bridgehead atoms. The monoisotopic (exact) mass is 295 g/mol. The molecule has 2 aromatic rings. The summed E-state index contributed by atoms with van der Waals surface area (Å²) in [7, 11) is 1.56. The second-order valence-corrected chi connectivity index (χ2v) is 4.63. The summed E-state index contributed by atoms with van der Waals surface area (Å²) in [5.41, 5.74) is 5.82. The van der Waals surface area contributed by atoms with Gasteiger partial charge in [0.05, 0.1) is 19.7 Å². The van der Waals surface area contributed by atoms with E-state index in [4.69, 9.17) is 10.5 Å². The van der Waals surface area contributed by atoms with Gasteiger partial charge in [0.25, 0.3) is 5.56 Å². The molecule has 116 valence electrons. The average Bonchev–Trinajstić information content (AvgIpc) is 2.86. The number of aromatic nitrogens is 4. The number of imidazole rings is 1. The van der Waals surface area contributed by atoms with Crippen molar-refractivity contribution in [1.82, 2.24) is 18.7 Å². The number of aryl methyl sites for hydroxylation is 1. The van der Waals surface area contributed by atoms with Crippen LogP contribution >= 0.6 is 0 Å². The maximum absolute atomic E-state index is 12.5. The van der Waals surface area contributed by atoms with E-state index in [1.165, 1.54) is 9.13 Å². The molecule has 0 spiro atoms. The van der Waals surface area contributed by atoms with Crippen molar-refractivity contribution in [3.8, 4) is 0 Å². The summed E-state index contributed by atoms with van der Waals surface area (Å²) in [4.78, 5) is 29.3. The molecule has 2 aromatic heterocycles. The molecule has 8 nitrogen and oxygen atoms in total. The molecule has 21 heavy (non-hydrogen) atoms. The Hall–Kier alpha value is -1.93. The van der Waals surface area contributed by atoms with Gasteiger partial charge in [0.1, 0.15) is 5.82 Å². The van der Waals surface area contributed by atoms with Crippen molar-refractivity contribution in [3.05, 3.63) is 26.7 Å². The van der Waals surface area contributed by atoms with E-state index in [0.29, 0.717) is 43.2 Å². The molecular formula is C13H21N5O3. The number of nitrogens with zero attached hydrogens (tertiary/aromatic N) is 4. The van der Waals surface area contributed by atoms with Gasteiger partial charge in [-0.2, -0.15) is 0 Å². The number of ether oxygens (including phenoxy) is 1. The van der Waals surface area contributed by atoms with Crippen LogP contribution in [-0.2, 0) is 30.9 Å². The Balaban J connectivity index is 2.91. The third kappa shape index (κ3) is 2.40. The zero-order chi connectivity index (χ0) is 15.6. The van der Waals surface area contributed by atoms with Gasteiger partial charge in [0.2, 0.25) is 0 Å². The van der Waals surface area contributed by atoms with Crippen LogP contribution in [0.5, 0.6) is 0 Å². The molecule has 0 fully saturated rings. The summed E-state index contributed by atoms with van der Waals surface area (Å²) < 4.78 is 9.50. The largest absolute Gasteiger partial charge is 0.383 e. The van der Waals surface area contributed by atoms with E-state index in [1.807, 2.05) is 6.92 Å². The normalized spacial score (nSPS) is 11.4. The Labute approximate surface area is 121 Å². The predicted octanol–water partition coefficient (Wildman–Crippen LogP) is -0.495. The van der Waals surface area contributed by atoms with Gasteiger partial charge in [-0.05, 0) is 13.8 Å². The lowest BCUT2D eigenvalue weighted by Gasteiger charge is -2.10. The highest BCUT2D eigenvalue weighted by Crippen LogP contribution is 2.11. The van der Waals surface area contributed by atoms with Crippen molar-refractivity contribution < 1.29 is 4.74 Å². The van der Waals surface area contributed by atoms with Crippen LogP contribution in [0.4, 0.5) is 0 Å². The quantitative estimate of drug-likeness (QED) is 0.775. The van der Waals surface area contributed by atoms with Crippen LogP contribution in [-0.4, -0.2) is 32.4 Å². The second-order valence-electron chi connectivity index (χ2n) is 4.63. The molecule has 0 unspecified atom stereocenters. The van der Waals surface area contributed by atoms with Gasteiger partial charge in [-0.25, -0.2) is 9.78 Å². The van der Waals surface area contributed by atoms with Gasteiger partial charge in [0.15, 0.2) is 11.2 Å². The molecule has 0 saturated heterocycles. The van der Waals surface area contributed by atoms with Gasteiger partial charge >= 0.3 is 5.69 Å². The minimum atomic E-state index is -0.364. The van der Waals surface area contributed by atoms with E-state index in [-0.39, 0.29) is 17.8 Å². The van der Waals surface area contributed by atoms with E-state index in [0.717, 1.165) is 0 Å². The minimum Gasteiger partial charge on any atom is -0.383 e. The van der Waals surface area contributed by atoms with Crippen LogP contribution in [0.15, 0.2) is 9.59 Å².